The molecule has 1 N–H and O–H groups in total. The standard InChI is InChI=1S/C25H31N3O/c1-18-14-21-19(2)16-25(3,4)26-23(21)22(15-18)24(29)28-12-10-27(11-13-28)17-20-8-6-5-7-9-20/h5-9,14-16,26H,10-13,17H2,1-4H3. The number of aryl methyl sites for hydroxylation is 1. The molecular weight excluding hydrogens is 358 g/mol. The molecule has 29 heavy (non-hydrogen) atoms. The van der Waals surface area contributed by atoms with Gasteiger partial charge < -0.3 is 10.2 Å². The molecule has 1 saturated heterocycles. The number of fused-ring (bicyclic) bond motifs is 1. The van der Waals surface area contributed by atoms with Crippen LogP contribution in [-0.4, -0.2) is 47.4 Å². The summed E-state index contributed by atoms with van der Waals surface area (Å²) in [5.74, 6) is 0.141. The van der Waals surface area contributed by atoms with Crippen LogP contribution in [0.5, 0.6) is 0 Å². The summed E-state index contributed by atoms with van der Waals surface area (Å²) in [6.45, 7) is 12.8. The van der Waals surface area contributed by atoms with Crippen LogP contribution in [0, 0.1) is 6.92 Å². The highest BCUT2D eigenvalue weighted by Gasteiger charge is 2.30. The minimum atomic E-state index is -0.157. The van der Waals surface area contributed by atoms with Gasteiger partial charge in [0.25, 0.3) is 5.91 Å². The number of carbonyl (C=O) groups is 1. The zero-order chi connectivity index (χ0) is 20.6. The van der Waals surface area contributed by atoms with E-state index in [2.05, 4.69) is 80.4 Å². The van der Waals surface area contributed by atoms with E-state index in [1.807, 2.05) is 11.0 Å². The van der Waals surface area contributed by atoms with Crippen LogP contribution in [0.25, 0.3) is 5.57 Å². The summed E-state index contributed by atoms with van der Waals surface area (Å²) >= 11 is 0. The third kappa shape index (κ3) is 4.23. The third-order valence-electron chi connectivity index (χ3n) is 5.87. The van der Waals surface area contributed by atoms with E-state index in [4.69, 9.17) is 0 Å². The fourth-order valence-corrected chi connectivity index (χ4v) is 4.50. The van der Waals surface area contributed by atoms with Gasteiger partial charge in [-0.3, -0.25) is 9.69 Å². The van der Waals surface area contributed by atoms with E-state index in [9.17, 15) is 4.79 Å². The van der Waals surface area contributed by atoms with E-state index < -0.39 is 0 Å². The minimum absolute atomic E-state index is 0.141. The minimum Gasteiger partial charge on any atom is -0.376 e. The summed E-state index contributed by atoms with van der Waals surface area (Å²) in [5.41, 5.74) is 6.46. The summed E-state index contributed by atoms with van der Waals surface area (Å²) < 4.78 is 0. The highest BCUT2D eigenvalue weighted by molar-refractivity contribution is 6.03. The van der Waals surface area contributed by atoms with Crippen molar-refractivity contribution in [3.05, 3.63) is 70.8 Å². The Labute approximate surface area is 174 Å². The SMILES string of the molecule is CC1=CC(C)(C)Nc2c(C(=O)N3CCN(Cc4ccccc4)CC3)cc(C)cc21. The maximum Gasteiger partial charge on any atom is 0.256 e. The average molecular weight is 390 g/mol. The first kappa shape index (κ1) is 19.7. The lowest BCUT2D eigenvalue weighted by Crippen LogP contribution is -2.48. The highest BCUT2D eigenvalue weighted by Crippen LogP contribution is 2.37. The smallest absolute Gasteiger partial charge is 0.256 e. The molecular formula is C25H31N3O. The van der Waals surface area contributed by atoms with Crippen LogP contribution in [0.1, 0.15) is 47.8 Å². The fourth-order valence-electron chi connectivity index (χ4n) is 4.50. The predicted molar refractivity (Wildman–Crippen MR) is 120 cm³/mol. The Hall–Kier alpha value is -2.59. The number of benzene rings is 2. The monoisotopic (exact) mass is 389 g/mol. The van der Waals surface area contributed by atoms with Gasteiger partial charge in [0.05, 0.1) is 16.8 Å². The first-order chi connectivity index (χ1) is 13.8. The first-order valence-electron chi connectivity index (χ1n) is 10.5. The van der Waals surface area contributed by atoms with Crippen molar-refractivity contribution >= 4 is 17.2 Å². The number of amides is 1. The maximum atomic E-state index is 13.5. The second-order valence-electron chi connectivity index (χ2n) is 8.96. The van der Waals surface area contributed by atoms with Crippen LogP contribution in [0.4, 0.5) is 5.69 Å². The van der Waals surface area contributed by atoms with Gasteiger partial charge in [-0.2, -0.15) is 0 Å². The average Bonchev–Trinajstić information content (AvgIpc) is 2.68. The van der Waals surface area contributed by atoms with Crippen molar-refractivity contribution in [2.75, 3.05) is 31.5 Å². The van der Waals surface area contributed by atoms with Crippen molar-refractivity contribution in [3.63, 3.8) is 0 Å². The number of nitrogens with zero attached hydrogens (tertiary/aromatic N) is 2. The molecule has 2 aliphatic rings. The van der Waals surface area contributed by atoms with Crippen molar-refractivity contribution in [2.45, 2.75) is 39.8 Å². The predicted octanol–water partition coefficient (Wildman–Crippen LogP) is 4.56. The summed E-state index contributed by atoms with van der Waals surface area (Å²) in [5, 5.41) is 3.59. The highest BCUT2D eigenvalue weighted by atomic mass is 16.2. The molecule has 152 valence electrons. The first-order valence-corrected chi connectivity index (χ1v) is 10.5. The molecule has 2 aromatic rings. The molecule has 2 aromatic carbocycles. The Morgan fingerprint density at radius 2 is 1.72 bits per heavy atom. The van der Waals surface area contributed by atoms with E-state index >= 15 is 0 Å². The lowest BCUT2D eigenvalue weighted by Gasteiger charge is -2.37. The summed E-state index contributed by atoms with van der Waals surface area (Å²) in [7, 11) is 0. The molecule has 0 spiro atoms. The van der Waals surface area contributed by atoms with Crippen LogP contribution in [-0.2, 0) is 6.54 Å². The number of carbonyl (C=O) groups excluding carboxylic acids is 1. The molecule has 4 nitrogen and oxygen atoms in total. The van der Waals surface area contributed by atoms with Crippen LogP contribution < -0.4 is 5.32 Å². The van der Waals surface area contributed by atoms with Crippen molar-refractivity contribution in [2.24, 2.45) is 0 Å². The third-order valence-corrected chi connectivity index (χ3v) is 5.87. The molecule has 0 unspecified atom stereocenters. The Kier molecular flexibility index (Phi) is 5.22. The van der Waals surface area contributed by atoms with Crippen molar-refractivity contribution in [3.8, 4) is 0 Å². The molecule has 4 heteroatoms. The number of nitrogens with one attached hydrogen (secondary N) is 1. The van der Waals surface area contributed by atoms with E-state index in [0.717, 1.165) is 55.1 Å². The van der Waals surface area contributed by atoms with E-state index in [1.165, 1.54) is 11.1 Å². The topological polar surface area (TPSA) is 35.6 Å². The van der Waals surface area contributed by atoms with E-state index in [1.54, 1.807) is 0 Å². The van der Waals surface area contributed by atoms with E-state index in [0.29, 0.717) is 0 Å². The van der Waals surface area contributed by atoms with Gasteiger partial charge in [-0.1, -0.05) is 36.4 Å². The van der Waals surface area contributed by atoms with Crippen LogP contribution in [0.15, 0.2) is 48.5 Å². The van der Waals surface area contributed by atoms with Gasteiger partial charge in [0.15, 0.2) is 0 Å². The molecule has 0 saturated carbocycles. The van der Waals surface area contributed by atoms with Gasteiger partial charge in [-0.05, 0) is 56.5 Å². The second kappa shape index (κ2) is 7.68. The maximum absolute atomic E-state index is 13.5. The van der Waals surface area contributed by atoms with Gasteiger partial charge in [0.2, 0.25) is 0 Å². The molecule has 0 atom stereocenters. The van der Waals surface area contributed by atoms with Crippen molar-refractivity contribution in [1.29, 1.82) is 0 Å². The Morgan fingerprint density at radius 1 is 1.03 bits per heavy atom. The number of piperazine rings is 1. The summed E-state index contributed by atoms with van der Waals surface area (Å²) in [4.78, 5) is 17.9. The molecule has 1 amide bonds. The Balaban J connectivity index is 1.51. The van der Waals surface area contributed by atoms with Gasteiger partial charge in [0, 0.05) is 38.3 Å². The number of anilines is 1. The van der Waals surface area contributed by atoms with Gasteiger partial charge in [-0.15, -0.1) is 0 Å². The van der Waals surface area contributed by atoms with Crippen molar-refractivity contribution < 1.29 is 4.79 Å². The Morgan fingerprint density at radius 3 is 2.41 bits per heavy atom. The molecule has 0 aliphatic carbocycles. The zero-order valence-corrected chi connectivity index (χ0v) is 18.0. The van der Waals surface area contributed by atoms with Crippen LogP contribution in [0.3, 0.4) is 0 Å². The van der Waals surface area contributed by atoms with Gasteiger partial charge in [-0.25, -0.2) is 0 Å². The van der Waals surface area contributed by atoms with Crippen molar-refractivity contribution in [1.82, 2.24) is 9.80 Å². The van der Waals surface area contributed by atoms with Gasteiger partial charge >= 0.3 is 0 Å². The quantitative estimate of drug-likeness (QED) is 0.836. The molecule has 2 heterocycles. The second-order valence-corrected chi connectivity index (χ2v) is 8.96. The lowest BCUT2D eigenvalue weighted by molar-refractivity contribution is 0.0629. The molecule has 0 aromatic heterocycles. The molecule has 4 rings (SSSR count). The normalized spacial score (nSPS) is 18.6. The fraction of sp³-hybridized carbons (Fsp3) is 0.400. The number of rotatable bonds is 3. The molecule has 0 radical (unpaired) electrons. The molecule has 0 bridgehead atoms. The van der Waals surface area contributed by atoms with Gasteiger partial charge in [0.1, 0.15) is 0 Å². The lowest BCUT2D eigenvalue weighted by atomic mass is 9.88. The molecule has 1 fully saturated rings. The van der Waals surface area contributed by atoms with Crippen LogP contribution in [0.2, 0.25) is 0 Å². The largest absolute Gasteiger partial charge is 0.376 e. The summed E-state index contributed by atoms with van der Waals surface area (Å²) in [6, 6.07) is 14.8. The number of hydrogen-bond donors (Lipinski definition) is 1. The number of hydrogen-bond acceptors (Lipinski definition) is 3. The van der Waals surface area contributed by atoms with E-state index in [-0.39, 0.29) is 11.4 Å². The summed E-state index contributed by atoms with van der Waals surface area (Å²) in [6.07, 6.45) is 2.24. The number of allylic oxidation sites excluding steroid dienone is 1. The zero-order valence-electron chi connectivity index (χ0n) is 18.0. The Bertz CT molecular complexity index is 938. The van der Waals surface area contributed by atoms with Crippen LogP contribution >= 0.6 is 0 Å². The molecule has 2 aliphatic heterocycles.